The van der Waals surface area contributed by atoms with Gasteiger partial charge < -0.3 is 14.5 Å². The minimum absolute atomic E-state index is 0.275. The second-order valence-electron chi connectivity index (χ2n) is 4.40. The molecule has 0 aliphatic carbocycles. The maximum atomic E-state index is 5.34. The van der Waals surface area contributed by atoms with Crippen molar-refractivity contribution in [2.75, 3.05) is 43.6 Å². The number of fused-ring (bicyclic) bond motifs is 1. The number of methoxy groups -OCH3 is 1. The van der Waals surface area contributed by atoms with Crippen LogP contribution >= 0.6 is 0 Å². The van der Waals surface area contributed by atoms with Gasteiger partial charge in [-0.1, -0.05) is 12.1 Å². The van der Waals surface area contributed by atoms with E-state index in [-0.39, 0.29) is 6.10 Å². The number of anilines is 2. The number of rotatable bonds is 3. The average molecular weight is 220 g/mol. The fourth-order valence-corrected chi connectivity index (χ4v) is 2.14. The first kappa shape index (κ1) is 11.3. The summed E-state index contributed by atoms with van der Waals surface area (Å²) in [7, 11) is 3.92. The SMILES string of the molecule is CO[C@H](C)CN1CCN(C)c2ccccc21. The molecule has 3 nitrogen and oxygen atoms in total. The summed E-state index contributed by atoms with van der Waals surface area (Å²) in [6.07, 6.45) is 0.275. The number of nitrogens with zero attached hydrogens (tertiary/aromatic N) is 2. The van der Waals surface area contributed by atoms with Gasteiger partial charge in [0, 0.05) is 33.8 Å². The van der Waals surface area contributed by atoms with Crippen molar-refractivity contribution < 1.29 is 4.74 Å². The number of hydrogen-bond acceptors (Lipinski definition) is 3. The first-order valence-corrected chi connectivity index (χ1v) is 5.80. The van der Waals surface area contributed by atoms with Crippen molar-refractivity contribution in [1.29, 1.82) is 0 Å². The van der Waals surface area contributed by atoms with Gasteiger partial charge in [-0.3, -0.25) is 0 Å². The molecule has 1 aliphatic rings. The van der Waals surface area contributed by atoms with E-state index < -0.39 is 0 Å². The lowest BCUT2D eigenvalue weighted by atomic mass is 10.1. The fourth-order valence-electron chi connectivity index (χ4n) is 2.14. The Bertz CT molecular complexity index is 354. The summed E-state index contributed by atoms with van der Waals surface area (Å²) < 4.78 is 5.34. The summed E-state index contributed by atoms with van der Waals surface area (Å²) in [4.78, 5) is 4.72. The van der Waals surface area contributed by atoms with Gasteiger partial charge in [-0.2, -0.15) is 0 Å². The summed E-state index contributed by atoms with van der Waals surface area (Å²) in [5.41, 5.74) is 2.64. The van der Waals surface area contributed by atoms with E-state index in [1.807, 2.05) is 0 Å². The molecule has 88 valence electrons. The van der Waals surface area contributed by atoms with E-state index in [9.17, 15) is 0 Å². The molecule has 0 amide bonds. The topological polar surface area (TPSA) is 15.7 Å². The van der Waals surface area contributed by atoms with Crippen molar-refractivity contribution in [3.63, 3.8) is 0 Å². The van der Waals surface area contributed by atoms with Crippen LogP contribution in [0.2, 0.25) is 0 Å². The molecule has 0 unspecified atom stereocenters. The summed E-state index contributed by atoms with van der Waals surface area (Å²) in [5.74, 6) is 0. The van der Waals surface area contributed by atoms with Crippen LogP contribution in [0.3, 0.4) is 0 Å². The maximum absolute atomic E-state index is 5.34. The van der Waals surface area contributed by atoms with E-state index >= 15 is 0 Å². The van der Waals surface area contributed by atoms with E-state index in [0.29, 0.717) is 0 Å². The lowest BCUT2D eigenvalue weighted by molar-refractivity contribution is 0.123. The van der Waals surface area contributed by atoms with Gasteiger partial charge >= 0.3 is 0 Å². The zero-order valence-corrected chi connectivity index (χ0v) is 10.3. The Hall–Kier alpha value is -1.22. The molecule has 0 bridgehead atoms. The molecule has 0 aromatic heterocycles. The van der Waals surface area contributed by atoms with Gasteiger partial charge in [-0.25, -0.2) is 0 Å². The van der Waals surface area contributed by atoms with Crippen molar-refractivity contribution in [3.8, 4) is 0 Å². The molecule has 3 heteroatoms. The third kappa shape index (κ3) is 2.14. The number of hydrogen-bond donors (Lipinski definition) is 0. The Kier molecular flexibility index (Phi) is 3.34. The van der Waals surface area contributed by atoms with Crippen molar-refractivity contribution in [3.05, 3.63) is 24.3 Å². The molecule has 0 spiro atoms. The van der Waals surface area contributed by atoms with Crippen LogP contribution in [-0.2, 0) is 4.74 Å². The summed E-state index contributed by atoms with van der Waals surface area (Å²) in [5, 5.41) is 0. The molecule has 1 aliphatic heterocycles. The molecular formula is C13H20N2O. The highest BCUT2D eigenvalue weighted by Gasteiger charge is 2.20. The second kappa shape index (κ2) is 4.74. The quantitative estimate of drug-likeness (QED) is 0.774. The number of likely N-dealkylation sites (N-methyl/N-ethyl adjacent to an activating group) is 1. The van der Waals surface area contributed by atoms with Gasteiger partial charge in [0.25, 0.3) is 0 Å². The number of para-hydroxylation sites is 2. The van der Waals surface area contributed by atoms with Crippen molar-refractivity contribution >= 4 is 11.4 Å². The van der Waals surface area contributed by atoms with Crippen LogP contribution in [0.1, 0.15) is 6.92 Å². The molecule has 0 fully saturated rings. The summed E-state index contributed by atoms with van der Waals surface area (Å²) in [6.45, 7) is 5.22. The summed E-state index contributed by atoms with van der Waals surface area (Å²) in [6, 6.07) is 8.56. The van der Waals surface area contributed by atoms with Crippen molar-refractivity contribution in [2.45, 2.75) is 13.0 Å². The van der Waals surface area contributed by atoms with Crippen LogP contribution in [0.25, 0.3) is 0 Å². The van der Waals surface area contributed by atoms with Crippen LogP contribution in [0, 0.1) is 0 Å². The highest BCUT2D eigenvalue weighted by atomic mass is 16.5. The smallest absolute Gasteiger partial charge is 0.0718 e. The lowest BCUT2D eigenvalue weighted by Gasteiger charge is -2.38. The Morgan fingerprint density at radius 3 is 2.62 bits per heavy atom. The normalized spacial score (nSPS) is 17.2. The largest absolute Gasteiger partial charge is 0.380 e. The second-order valence-corrected chi connectivity index (χ2v) is 4.40. The molecular weight excluding hydrogens is 200 g/mol. The summed E-state index contributed by atoms with van der Waals surface area (Å²) >= 11 is 0. The third-order valence-corrected chi connectivity index (χ3v) is 3.22. The standard InChI is InChI=1S/C13H20N2O/c1-11(16-3)10-15-9-8-14(2)12-6-4-5-7-13(12)15/h4-7,11H,8-10H2,1-3H3/t11-/m1/s1. The van der Waals surface area contributed by atoms with Crippen LogP contribution in [0.5, 0.6) is 0 Å². The highest BCUT2D eigenvalue weighted by molar-refractivity contribution is 5.73. The lowest BCUT2D eigenvalue weighted by Crippen LogP contribution is -2.42. The molecule has 2 rings (SSSR count). The van der Waals surface area contributed by atoms with E-state index in [1.165, 1.54) is 11.4 Å². The molecule has 1 aromatic rings. The fraction of sp³-hybridized carbons (Fsp3) is 0.538. The monoisotopic (exact) mass is 220 g/mol. The first-order chi connectivity index (χ1) is 7.72. The molecule has 0 N–H and O–H groups in total. The minimum Gasteiger partial charge on any atom is -0.380 e. The van der Waals surface area contributed by atoms with E-state index in [1.54, 1.807) is 7.11 Å². The Morgan fingerprint density at radius 1 is 1.25 bits per heavy atom. The van der Waals surface area contributed by atoms with E-state index in [4.69, 9.17) is 4.74 Å². The van der Waals surface area contributed by atoms with E-state index in [2.05, 4.69) is 48.0 Å². The minimum atomic E-state index is 0.275. The molecule has 0 radical (unpaired) electrons. The van der Waals surface area contributed by atoms with Crippen molar-refractivity contribution in [1.82, 2.24) is 0 Å². The van der Waals surface area contributed by atoms with Gasteiger partial charge in [0.05, 0.1) is 17.5 Å². The van der Waals surface area contributed by atoms with Gasteiger partial charge in [-0.05, 0) is 19.1 Å². The van der Waals surface area contributed by atoms with E-state index in [0.717, 1.165) is 19.6 Å². The molecule has 1 heterocycles. The third-order valence-electron chi connectivity index (χ3n) is 3.22. The zero-order chi connectivity index (χ0) is 11.5. The average Bonchev–Trinajstić information content (AvgIpc) is 2.33. The van der Waals surface area contributed by atoms with Gasteiger partial charge in [0.1, 0.15) is 0 Å². The molecule has 16 heavy (non-hydrogen) atoms. The van der Waals surface area contributed by atoms with Gasteiger partial charge in [0.15, 0.2) is 0 Å². The zero-order valence-electron chi connectivity index (χ0n) is 10.3. The van der Waals surface area contributed by atoms with Crippen LogP contribution in [0.15, 0.2) is 24.3 Å². The maximum Gasteiger partial charge on any atom is 0.0718 e. The first-order valence-electron chi connectivity index (χ1n) is 5.80. The Labute approximate surface area is 97.6 Å². The molecule has 0 saturated carbocycles. The predicted molar refractivity (Wildman–Crippen MR) is 68.4 cm³/mol. The number of ether oxygens (including phenoxy) is 1. The molecule has 0 saturated heterocycles. The predicted octanol–water partition coefficient (Wildman–Crippen LogP) is 1.98. The molecule has 1 aromatic carbocycles. The van der Waals surface area contributed by atoms with Crippen LogP contribution in [-0.4, -0.2) is 39.9 Å². The number of benzene rings is 1. The van der Waals surface area contributed by atoms with Gasteiger partial charge in [0.2, 0.25) is 0 Å². The Morgan fingerprint density at radius 2 is 1.94 bits per heavy atom. The van der Waals surface area contributed by atoms with Crippen LogP contribution < -0.4 is 9.80 Å². The van der Waals surface area contributed by atoms with Gasteiger partial charge in [-0.15, -0.1) is 0 Å². The Balaban J connectivity index is 2.21. The van der Waals surface area contributed by atoms with Crippen molar-refractivity contribution in [2.24, 2.45) is 0 Å². The highest BCUT2D eigenvalue weighted by Crippen LogP contribution is 2.31. The molecule has 1 atom stereocenters. The van der Waals surface area contributed by atoms with Crippen LogP contribution in [0.4, 0.5) is 11.4 Å².